The molecule has 6 heteroatoms. The van der Waals surface area contributed by atoms with E-state index in [9.17, 15) is 13.2 Å². The molecule has 106 valence electrons. The quantitative estimate of drug-likeness (QED) is 0.827. The van der Waals surface area contributed by atoms with Crippen LogP contribution < -0.4 is 0 Å². The zero-order valence-electron chi connectivity index (χ0n) is 11.2. The Hall–Kier alpha value is -1.87. The van der Waals surface area contributed by atoms with Crippen LogP contribution in [-0.4, -0.2) is 38.6 Å². The van der Waals surface area contributed by atoms with Crippen molar-refractivity contribution in [2.24, 2.45) is 5.92 Å². The van der Waals surface area contributed by atoms with Crippen LogP contribution in [0, 0.1) is 17.2 Å². The average molecular weight is 292 g/mol. The van der Waals surface area contributed by atoms with Gasteiger partial charge in [-0.2, -0.15) is 5.26 Å². The van der Waals surface area contributed by atoms with Crippen molar-refractivity contribution in [1.29, 1.82) is 5.26 Å². The van der Waals surface area contributed by atoms with Crippen LogP contribution in [0.4, 0.5) is 0 Å². The van der Waals surface area contributed by atoms with Gasteiger partial charge >= 0.3 is 0 Å². The Bertz CT molecular complexity index is 661. The Balaban J connectivity index is 2.24. The molecule has 0 aromatic heterocycles. The highest BCUT2D eigenvalue weighted by Gasteiger charge is 2.24. The number of carbonyl (C=O) groups is 1. The smallest absolute Gasteiger partial charge is 0.253 e. The van der Waals surface area contributed by atoms with Gasteiger partial charge in [-0.1, -0.05) is 6.07 Å². The van der Waals surface area contributed by atoms with Gasteiger partial charge in [0.2, 0.25) is 0 Å². The van der Waals surface area contributed by atoms with Crippen molar-refractivity contribution in [1.82, 2.24) is 4.90 Å². The Labute approximate surface area is 118 Å². The van der Waals surface area contributed by atoms with Gasteiger partial charge in [-0.3, -0.25) is 4.79 Å². The first kappa shape index (κ1) is 14.5. The van der Waals surface area contributed by atoms with Crippen LogP contribution >= 0.6 is 0 Å². The van der Waals surface area contributed by atoms with Gasteiger partial charge in [-0.25, -0.2) is 8.42 Å². The molecule has 5 nitrogen and oxygen atoms in total. The van der Waals surface area contributed by atoms with E-state index in [1.165, 1.54) is 12.1 Å². The third-order valence-corrected chi connectivity index (χ3v) is 4.51. The van der Waals surface area contributed by atoms with E-state index < -0.39 is 9.84 Å². The molecule has 1 fully saturated rings. The molecule has 0 saturated carbocycles. The molecule has 1 unspecified atom stereocenters. The first-order valence-corrected chi connectivity index (χ1v) is 8.30. The maximum Gasteiger partial charge on any atom is 0.253 e. The number of nitrogens with zero attached hydrogens (tertiary/aromatic N) is 2. The van der Waals surface area contributed by atoms with Gasteiger partial charge in [0.25, 0.3) is 5.91 Å². The van der Waals surface area contributed by atoms with Crippen molar-refractivity contribution >= 4 is 15.7 Å². The summed E-state index contributed by atoms with van der Waals surface area (Å²) in [4.78, 5) is 14.1. The predicted molar refractivity (Wildman–Crippen MR) is 73.8 cm³/mol. The van der Waals surface area contributed by atoms with Crippen LogP contribution in [0.25, 0.3) is 0 Å². The van der Waals surface area contributed by atoms with E-state index in [0.717, 1.165) is 19.1 Å². The molecular weight excluding hydrogens is 276 g/mol. The summed E-state index contributed by atoms with van der Waals surface area (Å²) in [5.41, 5.74) is 0.353. The van der Waals surface area contributed by atoms with E-state index in [1.54, 1.807) is 17.0 Å². The van der Waals surface area contributed by atoms with Gasteiger partial charge in [0, 0.05) is 24.9 Å². The minimum Gasteiger partial charge on any atom is -0.337 e. The van der Waals surface area contributed by atoms with E-state index in [1.807, 2.05) is 0 Å². The SMILES string of the molecule is CS(=O)(=O)c1cccc(C(=O)N2CCCC(C#N)C2)c1. The summed E-state index contributed by atoms with van der Waals surface area (Å²) in [6, 6.07) is 8.22. The summed E-state index contributed by atoms with van der Waals surface area (Å²) in [6.45, 7) is 1.03. The van der Waals surface area contributed by atoms with E-state index in [2.05, 4.69) is 6.07 Å². The van der Waals surface area contributed by atoms with Gasteiger partial charge in [0.05, 0.1) is 16.9 Å². The molecule has 0 N–H and O–H groups in total. The molecule has 1 aromatic rings. The monoisotopic (exact) mass is 292 g/mol. The Kier molecular flexibility index (Phi) is 4.09. The van der Waals surface area contributed by atoms with Crippen LogP contribution in [0.15, 0.2) is 29.2 Å². The summed E-state index contributed by atoms with van der Waals surface area (Å²) in [6.07, 6.45) is 2.72. The Morgan fingerprint density at radius 1 is 1.45 bits per heavy atom. The van der Waals surface area contributed by atoms with Gasteiger partial charge in [0.15, 0.2) is 9.84 Å². The second-order valence-electron chi connectivity index (χ2n) is 5.02. The third-order valence-electron chi connectivity index (χ3n) is 3.40. The second-order valence-corrected chi connectivity index (χ2v) is 7.04. The lowest BCUT2D eigenvalue weighted by Crippen LogP contribution is -2.39. The summed E-state index contributed by atoms with van der Waals surface area (Å²) >= 11 is 0. The van der Waals surface area contributed by atoms with Crippen LogP contribution in [0.3, 0.4) is 0 Å². The predicted octanol–water partition coefficient (Wildman–Crippen LogP) is 1.47. The molecule has 0 radical (unpaired) electrons. The summed E-state index contributed by atoms with van der Waals surface area (Å²) in [7, 11) is -3.33. The summed E-state index contributed by atoms with van der Waals surface area (Å²) < 4.78 is 23.0. The number of hydrogen-bond acceptors (Lipinski definition) is 4. The van der Waals surface area contributed by atoms with Crippen LogP contribution in [-0.2, 0) is 9.84 Å². The van der Waals surface area contributed by atoms with Crippen molar-refractivity contribution in [3.05, 3.63) is 29.8 Å². The van der Waals surface area contributed by atoms with Gasteiger partial charge in [-0.15, -0.1) is 0 Å². The minimum absolute atomic E-state index is 0.134. The fourth-order valence-corrected chi connectivity index (χ4v) is 2.98. The number of benzene rings is 1. The van der Waals surface area contributed by atoms with Crippen molar-refractivity contribution in [3.63, 3.8) is 0 Å². The van der Waals surface area contributed by atoms with Crippen LogP contribution in [0.1, 0.15) is 23.2 Å². The molecule has 2 rings (SSSR count). The van der Waals surface area contributed by atoms with Crippen molar-refractivity contribution < 1.29 is 13.2 Å². The molecule has 1 atom stereocenters. The highest BCUT2D eigenvalue weighted by Crippen LogP contribution is 2.19. The van der Waals surface area contributed by atoms with Gasteiger partial charge in [0.1, 0.15) is 0 Å². The molecule has 1 saturated heterocycles. The normalized spacial score (nSPS) is 19.4. The summed E-state index contributed by atoms with van der Waals surface area (Å²) in [5.74, 6) is -0.346. The number of hydrogen-bond donors (Lipinski definition) is 0. The highest BCUT2D eigenvalue weighted by molar-refractivity contribution is 7.90. The van der Waals surface area contributed by atoms with Crippen molar-refractivity contribution in [2.45, 2.75) is 17.7 Å². The van der Waals surface area contributed by atoms with Crippen LogP contribution in [0.5, 0.6) is 0 Å². The van der Waals surface area contributed by atoms with E-state index >= 15 is 0 Å². The molecule has 1 amide bonds. The van der Waals surface area contributed by atoms with Gasteiger partial charge < -0.3 is 4.90 Å². The molecule has 0 bridgehead atoms. The molecule has 20 heavy (non-hydrogen) atoms. The number of likely N-dealkylation sites (tertiary alicyclic amines) is 1. The zero-order chi connectivity index (χ0) is 14.8. The molecule has 1 aliphatic rings. The van der Waals surface area contributed by atoms with E-state index in [-0.39, 0.29) is 16.7 Å². The third kappa shape index (κ3) is 3.17. The number of rotatable bonds is 2. The lowest BCUT2D eigenvalue weighted by Gasteiger charge is -2.29. The lowest BCUT2D eigenvalue weighted by atomic mass is 9.99. The summed E-state index contributed by atoms with van der Waals surface area (Å²) in [5, 5.41) is 8.94. The second kappa shape index (κ2) is 5.63. The fourth-order valence-electron chi connectivity index (χ4n) is 2.31. The molecule has 0 spiro atoms. The topological polar surface area (TPSA) is 78.2 Å². The molecule has 1 heterocycles. The first-order chi connectivity index (χ1) is 9.41. The van der Waals surface area contributed by atoms with E-state index in [0.29, 0.717) is 18.7 Å². The number of amides is 1. The molecular formula is C14H16N2O3S. The Morgan fingerprint density at radius 3 is 2.85 bits per heavy atom. The molecule has 1 aromatic carbocycles. The Morgan fingerprint density at radius 2 is 2.20 bits per heavy atom. The van der Waals surface area contributed by atoms with E-state index in [4.69, 9.17) is 5.26 Å². The maximum absolute atomic E-state index is 12.4. The number of piperidine rings is 1. The molecule has 0 aliphatic carbocycles. The zero-order valence-corrected chi connectivity index (χ0v) is 12.1. The van der Waals surface area contributed by atoms with Crippen LogP contribution in [0.2, 0.25) is 0 Å². The molecule has 1 aliphatic heterocycles. The van der Waals surface area contributed by atoms with Crippen molar-refractivity contribution in [3.8, 4) is 6.07 Å². The standard InChI is InChI=1S/C14H16N2O3S/c1-20(18,19)13-6-2-5-12(8-13)14(17)16-7-3-4-11(9-15)10-16/h2,5-6,8,11H,3-4,7,10H2,1H3. The number of sulfone groups is 1. The largest absolute Gasteiger partial charge is 0.337 e. The van der Waals surface area contributed by atoms with Gasteiger partial charge in [-0.05, 0) is 31.0 Å². The average Bonchev–Trinajstić information content (AvgIpc) is 2.46. The number of nitriles is 1. The fraction of sp³-hybridized carbons (Fsp3) is 0.429. The first-order valence-electron chi connectivity index (χ1n) is 6.41. The highest BCUT2D eigenvalue weighted by atomic mass is 32.2. The van der Waals surface area contributed by atoms with Crippen molar-refractivity contribution in [2.75, 3.05) is 19.3 Å². The maximum atomic E-state index is 12.4. The number of carbonyl (C=O) groups excluding carboxylic acids is 1. The lowest BCUT2D eigenvalue weighted by molar-refractivity contribution is 0.0698. The minimum atomic E-state index is -3.33.